The highest BCUT2D eigenvalue weighted by Crippen LogP contribution is 2.38. The van der Waals surface area contributed by atoms with Crippen molar-refractivity contribution < 1.29 is 32.9 Å². The molecule has 422 valence electrons. The van der Waals surface area contributed by atoms with E-state index in [1.807, 2.05) is 27.2 Å². The van der Waals surface area contributed by atoms with Crippen LogP contribution in [0.4, 0.5) is 0 Å². The van der Waals surface area contributed by atoms with Gasteiger partial charge in [0.05, 0.1) is 39.9 Å². The Morgan fingerprint density at radius 1 is 0.493 bits per heavy atom. The zero-order valence-electron chi connectivity index (χ0n) is 48.1. The van der Waals surface area contributed by atoms with Gasteiger partial charge in [-0.05, 0) is 83.5 Å². The van der Waals surface area contributed by atoms with Crippen LogP contribution in [-0.4, -0.2) is 68.5 Å². The third kappa shape index (κ3) is 57.0. The molecule has 1 amide bonds. The molecule has 3 unspecified atom stereocenters. The molecule has 0 aromatic heterocycles. The van der Waals surface area contributed by atoms with E-state index < -0.39 is 26.6 Å². The van der Waals surface area contributed by atoms with Crippen LogP contribution in [0.1, 0.15) is 251 Å². The van der Waals surface area contributed by atoms with E-state index in [1.165, 1.54) is 141 Å². The Hall–Kier alpha value is -2.58. The third-order valence-electron chi connectivity index (χ3n) is 13.0. The largest absolute Gasteiger partial charge is 0.756 e. The summed E-state index contributed by atoms with van der Waals surface area (Å²) in [6, 6.07) is -0.925. The van der Waals surface area contributed by atoms with E-state index in [1.54, 1.807) is 6.08 Å². The summed E-state index contributed by atoms with van der Waals surface area (Å²) >= 11 is 0. The topological polar surface area (TPSA) is 108 Å². The van der Waals surface area contributed by atoms with Gasteiger partial charge in [-0.25, -0.2) is 0 Å². The second-order valence-corrected chi connectivity index (χ2v) is 22.7. The number of aliphatic hydroxyl groups excluding tert-OH is 1. The molecule has 0 aliphatic carbocycles. The molecule has 2 N–H and O–H groups in total. The van der Waals surface area contributed by atoms with Crippen LogP contribution in [0.15, 0.2) is 97.2 Å². The number of hydrogen-bond donors (Lipinski definition) is 2. The minimum atomic E-state index is -4.62. The lowest BCUT2D eigenvalue weighted by Crippen LogP contribution is -2.45. The molecule has 0 saturated carbocycles. The lowest BCUT2D eigenvalue weighted by molar-refractivity contribution is -0.870. The quantitative estimate of drug-likeness (QED) is 0.0272. The fourth-order valence-electron chi connectivity index (χ4n) is 8.35. The maximum Gasteiger partial charge on any atom is 0.268 e. The van der Waals surface area contributed by atoms with E-state index in [2.05, 4.69) is 104 Å². The Bertz CT molecular complexity index is 1510. The van der Waals surface area contributed by atoms with Gasteiger partial charge in [0.15, 0.2) is 0 Å². The number of phosphoric ester groups is 1. The van der Waals surface area contributed by atoms with Crippen molar-refractivity contribution in [2.75, 3.05) is 40.9 Å². The molecule has 0 spiro atoms. The van der Waals surface area contributed by atoms with Crippen molar-refractivity contribution in [3.8, 4) is 0 Å². The number of carbonyl (C=O) groups is 1. The molecular formula is C64H115N2O6P. The first-order chi connectivity index (χ1) is 35.5. The van der Waals surface area contributed by atoms with E-state index in [0.717, 1.165) is 89.9 Å². The van der Waals surface area contributed by atoms with Gasteiger partial charge in [0.2, 0.25) is 5.91 Å². The number of unbranched alkanes of at least 4 members (excludes halogenated alkanes) is 27. The van der Waals surface area contributed by atoms with Crippen molar-refractivity contribution >= 4 is 13.7 Å². The number of nitrogens with zero attached hydrogens (tertiary/aromatic N) is 1. The Balaban J connectivity index is 4.29. The summed E-state index contributed by atoms with van der Waals surface area (Å²) in [5.74, 6) is -0.233. The molecular weight excluding hydrogens is 924 g/mol. The van der Waals surface area contributed by atoms with Crippen molar-refractivity contribution in [1.82, 2.24) is 5.32 Å². The molecule has 3 atom stereocenters. The van der Waals surface area contributed by atoms with Gasteiger partial charge in [0.1, 0.15) is 13.2 Å². The highest BCUT2D eigenvalue weighted by atomic mass is 31.2. The smallest absolute Gasteiger partial charge is 0.268 e. The third-order valence-corrected chi connectivity index (χ3v) is 14.0. The Kier molecular flexibility index (Phi) is 52.3. The van der Waals surface area contributed by atoms with Gasteiger partial charge >= 0.3 is 0 Å². The second-order valence-electron chi connectivity index (χ2n) is 21.3. The van der Waals surface area contributed by atoms with Crippen LogP contribution in [0.3, 0.4) is 0 Å². The summed E-state index contributed by atoms with van der Waals surface area (Å²) in [5, 5.41) is 13.9. The molecule has 0 saturated heterocycles. The van der Waals surface area contributed by atoms with Gasteiger partial charge in [0.25, 0.3) is 7.82 Å². The molecule has 0 fully saturated rings. The molecule has 0 rings (SSSR count). The van der Waals surface area contributed by atoms with E-state index in [-0.39, 0.29) is 12.5 Å². The molecule has 0 radical (unpaired) electrons. The molecule has 0 aliphatic heterocycles. The van der Waals surface area contributed by atoms with E-state index in [0.29, 0.717) is 17.4 Å². The predicted octanol–water partition coefficient (Wildman–Crippen LogP) is 18.0. The summed E-state index contributed by atoms with van der Waals surface area (Å²) in [7, 11) is 1.21. The van der Waals surface area contributed by atoms with Crippen molar-refractivity contribution in [3.63, 3.8) is 0 Å². The Labute approximate surface area is 451 Å². The molecule has 9 heteroatoms. The molecule has 73 heavy (non-hydrogen) atoms. The highest BCUT2D eigenvalue weighted by molar-refractivity contribution is 7.45. The van der Waals surface area contributed by atoms with Gasteiger partial charge in [-0.1, -0.05) is 259 Å². The number of hydrogen-bond acceptors (Lipinski definition) is 6. The first-order valence-corrected chi connectivity index (χ1v) is 31.6. The van der Waals surface area contributed by atoms with Crippen LogP contribution in [0.2, 0.25) is 0 Å². The number of rotatable bonds is 54. The lowest BCUT2D eigenvalue weighted by atomic mass is 10.0. The van der Waals surface area contributed by atoms with Gasteiger partial charge in [-0.3, -0.25) is 9.36 Å². The van der Waals surface area contributed by atoms with Crippen LogP contribution in [0.5, 0.6) is 0 Å². The number of allylic oxidation sites excluding steroid dienone is 15. The van der Waals surface area contributed by atoms with Crippen LogP contribution in [0.25, 0.3) is 0 Å². The molecule has 0 aromatic carbocycles. The SMILES string of the molecule is CC/C=C\C/C=C\C/C=C\C/C=C\C/C=C\C/C=C\CCCCCCC(=O)NC(COP(=O)([O-])OCC[N+](C)(C)C)C(O)/C=C/CC/C=C/CCCCCCCCCCCCCCCCCCCCCCCC. The Morgan fingerprint density at radius 2 is 0.849 bits per heavy atom. The molecule has 0 heterocycles. The first kappa shape index (κ1) is 70.4. The number of likely N-dealkylation sites (N-methyl/N-ethyl adjacent to an activating group) is 1. The number of amides is 1. The average Bonchev–Trinajstić information content (AvgIpc) is 3.35. The van der Waals surface area contributed by atoms with E-state index in [9.17, 15) is 19.4 Å². The summed E-state index contributed by atoms with van der Waals surface area (Å²) in [6.07, 6.45) is 77.9. The van der Waals surface area contributed by atoms with Crippen LogP contribution in [-0.2, 0) is 18.4 Å². The summed E-state index contributed by atoms with van der Waals surface area (Å²) in [6.45, 7) is 4.50. The normalized spacial score (nSPS) is 14.6. The summed E-state index contributed by atoms with van der Waals surface area (Å²) in [5.41, 5.74) is 0. The number of phosphoric acid groups is 1. The molecule has 0 aromatic rings. The second kappa shape index (κ2) is 54.2. The molecule has 8 nitrogen and oxygen atoms in total. The maximum atomic E-state index is 13.0. The maximum absolute atomic E-state index is 13.0. The number of nitrogens with one attached hydrogen (secondary N) is 1. The van der Waals surface area contributed by atoms with Gasteiger partial charge < -0.3 is 28.8 Å². The van der Waals surface area contributed by atoms with Crippen molar-refractivity contribution in [1.29, 1.82) is 0 Å². The number of carbonyl (C=O) groups excluding carboxylic acids is 1. The average molecular weight is 1040 g/mol. The zero-order chi connectivity index (χ0) is 53.5. The van der Waals surface area contributed by atoms with Gasteiger partial charge in [-0.15, -0.1) is 0 Å². The first-order valence-electron chi connectivity index (χ1n) is 30.1. The monoisotopic (exact) mass is 1040 g/mol. The summed E-state index contributed by atoms with van der Waals surface area (Å²) in [4.78, 5) is 25.5. The van der Waals surface area contributed by atoms with Crippen LogP contribution in [0, 0.1) is 0 Å². The van der Waals surface area contributed by atoms with Crippen molar-refractivity contribution in [2.45, 2.75) is 264 Å². The summed E-state index contributed by atoms with van der Waals surface area (Å²) < 4.78 is 23.3. The predicted molar refractivity (Wildman–Crippen MR) is 316 cm³/mol. The van der Waals surface area contributed by atoms with Crippen molar-refractivity contribution in [3.05, 3.63) is 97.2 Å². The van der Waals surface area contributed by atoms with Gasteiger partial charge in [0, 0.05) is 6.42 Å². The minimum Gasteiger partial charge on any atom is -0.756 e. The number of quaternary nitrogens is 1. The lowest BCUT2D eigenvalue weighted by Gasteiger charge is -2.29. The standard InChI is InChI=1S/C64H115N2O6P/c1-6-8-10-12-14-16-18-20-22-24-26-28-30-31-32-33-34-36-37-39-41-43-45-47-49-51-53-55-57-63(67)62(61-72-73(69,70)71-60-59-66(3,4)5)65-64(68)58-56-54-52-50-48-46-44-42-40-38-35-29-27-25-23-21-19-17-15-13-11-9-7-2/h9,11,15,17,21,23,27,29,38,40,44,46-47,49,55,57,62-63,67H,6-8,10,12-14,16,18-20,22,24-26,28,30-37,39,41-43,45,48,50-54,56,58-61H2,1-5H3,(H-,65,68,69,70)/b11-9-,17-15-,23-21-,29-27-,40-38-,46-44-,49-47+,57-55+. The number of aliphatic hydroxyl groups is 1. The van der Waals surface area contributed by atoms with E-state index >= 15 is 0 Å². The zero-order valence-corrected chi connectivity index (χ0v) is 49.0. The molecule has 0 bridgehead atoms. The fourth-order valence-corrected chi connectivity index (χ4v) is 9.07. The molecule has 0 aliphatic rings. The highest BCUT2D eigenvalue weighted by Gasteiger charge is 2.23. The van der Waals surface area contributed by atoms with E-state index in [4.69, 9.17) is 9.05 Å². The fraction of sp³-hybridized carbons (Fsp3) is 0.734. The van der Waals surface area contributed by atoms with Crippen molar-refractivity contribution in [2.24, 2.45) is 0 Å². The minimum absolute atomic E-state index is 0.0169. The Morgan fingerprint density at radius 3 is 1.27 bits per heavy atom. The van der Waals surface area contributed by atoms with Crippen LogP contribution < -0.4 is 10.2 Å². The van der Waals surface area contributed by atoms with Crippen LogP contribution >= 0.6 is 7.82 Å². The van der Waals surface area contributed by atoms with Gasteiger partial charge in [-0.2, -0.15) is 0 Å².